The Morgan fingerprint density at radius 1 is 1.55 bits per heavy atom. The highest BCUT2D eigenvalue weighted by atomic mass is 16.6. The molecule has 1 heterocycles. The van der Waals surface area contributed by atoms with Gasteiger partial charge in [-0.2, -0.15) is 0 Å². The van der Waals surface area contributed by atoms with Crippen LogP contribution < -0.4 is 10.5 Å². The van der Waals surface area contributed by atoms with Gasteiger partial charge in [0.2, 0.25) is 0 Å². The van der Waals surface area contributed by atoms with Crippen molar-refractivity contribution in [3.63, 3.8) is 0 Å². The van der Waals surface area contributed by atoms with Gasteiger partial charge in [0.1, 0.15) is 5.75 Å². The van der Waals surface area contributed by atoms with E-state index in [4.69, 9.17) is 10.5 Å². The number of nitrogens with zero attached hydrogens (tertiary/aromatic N) is 2. The maximum atomic E-state index is 10.9. The Labute approximate surface area is 118 Å². The van der Waals surface area contributed by atoms with E-state index in [2.05, 4.69) is 4.90 Å². The summed E-state index contributed by atoms with van der Waals surface area (Å²) in [6.45, 7) is 3.31. The molecule has 1 aliphatic rings. The molecule has 0 aromatic heterocycles. The van der Waals surface area contributed by atoms with Crippen molar-refractivity contribution in [2.75, 3.05) is 26.7 Å². The number of nitrogens with two attached hydrogens (primary N) is 1. The number of benzene rings is 1. The lowest BCUT2D eigenvalue weighted by molar-refractivity contribution is -0.385. The summed E-state index contributed by atoms with van der Waals surface area (Å²) in [4.78, 5) is 12.8. The van der Waals surface area contributed by atoms with Gasteiger partial charge in [-0.15, -0.1) is 0 Å². The fraction of sp³-hybridized carbons (Fsp3) is 0.571. The average molecular weight is 279 g/mol. The molecule has 1 aromatic rings. The first-order valence-electron chi connectivity index (χ1n) is 6.87. The second-order valence-electron chi connectivity index (χ2n) is 5.23. The number of hydrogen-bond donors (Lipinski definition) is 1. The minimum atomic E-state index is -0.373. The summed E-state index contributed by atoms with van der Waals surface area (Å²) in [7, 11) is 1.59. The van der Waals surface area contributed by atoms with Gasteiger partial charge in [0.15, 0.2) is 0 Å². The molecule has 0 radical (unpaired) electrons. The zero-order chi connectivity index (χ0) is 14.5. The fourth-order valence-electron chi connectivity index (χ4n) is 2.73. The molecular weight excluding hydrogens is 258 g/mol. The highest BCUT2D eigenvalue weighted by Crippen LogP contribution is 2.27. The van der Waals surface area contributed by atoms with E-state index in [-0.39, 0.29) is 10.6 Å². The predicted octanol–water partition coefficient (Wildman–Crippen LogP) is 1.77. The highest BCUT2D eigenvalue weighted by Gasteiger charge is 2.21. The summed E-state index contributed by atoms with van der Waals surface area (Å²) in [5.74, 6) is 1.22. The number of rotatable bonds is 5. The van der Waals surface area contributed by atoms with Gasteiger partial charge in [0.25, 0.3) is 5.69 Å². The lowest BCUT2D eigenvalue weighted by Crippen LogP contribution is -2.37. The van der Waals surface area contributed by atoms with Gasteiger partial charge in [-0.05, 0) is 37.9 Å². The normalized spacial score (nSPS) is 19.8. The van der Waals surface area contributed by atoms with Gasteiger partial charge >= 0.3 is 0 Å². The van der Waals surface area contributed by atoms with Crippen LogP contribution in [0.5, 0.6) is 5.75 Å². The van der Waals surface area contributed by atoms with Crippen LogP contribution in [-0.2, 0) is 6.54 Å². The van der Waals surface area contributed by atoms with E-state index >= 15 is 0 Å². The average Bonchev–Trinajstić information content (AvgIpc) is 2.47. The zero-order valence-electron chi connectivity index (χ0n) is 11.7. The van der Waals surface area contributed by atoms with Crippen molar-refractivity contribution in [2.24, 2.45) is 11.7 Å². The standard InChI is InChI=1S/C14H21N3O3/c1-20-14-5-4-13(17(18)19)7-12(14)10-16-6-2-3-11(8-15)9-16/h4-5,7,11H,2-3,6,8-10,15H2,1H3. The number of ether oxygens (including phenoxy) is 1. The molecule has 0 saturated carbocycles. The maximum Gasteiger partial charge on any atom is 0.270 e. The van der Waals surface area contributed by atoms with Crippen LogP contribution in [0.25, 0.3) is 0 Å². The predicted molar refractivity (Wildman–Crippen MR) is 76.7 cm³/mol. The second kappa shape index (κ2) is 6.67. The summed E-state index contributed by atoms with van der Waals surface area (Å²) < 4.78 is 5.30. The molecule has 0 bridgehead atoms. The summed E-state index contributed by atoms with van der Waals surface area (Å²) in [6.07, 6.45) is 2.29. The van der Waals surface area contributed by atoms with Crippen molar-refractivity contribution in [3.8, 4) is 5.75 Å². The Kier molecular flexibility index (Phi) is 4.92. The number of nitro groups is 1. The zero-order valence-corrected chi connectivity index (χ0v) is 11.7. The number of piperidine rings is 1. The molecule has 110 valence electrons. The van der Waals surface area contributed by atoms with Crippen molar-refractivity contribution in [1.29, 1.82) is 0 Å². The van der Waals surface area contributed by atoms with Crippen LogP contribution in [0.2, 0.25) is 0 Å². The van der Waals surface area contributed by atoms with Crippen LogP contribution in [0.1, 0.15) is 18.4 Å². The lowest BCUT2D eigenvalue weighted by Gasteiger charge is -2.32. The Balaban J connectivity index is 2.14. The molecule has 6 nitrogen and oxygen atoms in total. The molecule has 1 saturated heterocycles. The van der Waals surface area contributed by atoms with E-state index in [0.29, 0.717) is 24.8 Å². The molecule has 0 spiro atoms. The SMILES string of the molecule is COc1ccc([N+](=O)[O-])cc1CN1CCCC(CN)C1. The van der Waals surface area contributed by atoms with Crippen LogP contribution in [0, 0.1) is 16.0 Å². The number of nitro benzene ring substituents is 1. The molecule has 2 rings (SSSR count). The third-order valence-electron chi connectivity index (χ3n) is 3.81. The lowest BCUT2D eigenvalue weighted by atomic mass is 9.98. The van der Waals surface area contributed by atoms with Gasteiger partial charge in [0.05, 0.1) is 12.0 Å². The first-order valence-corrected chi connectivity index (χ1v) is 6.87. The molecular formula is C14H21N3O3. The molecule has 0 amide bonds. The van der Waals surface area contributed by atoms with Crippen molar-refractivity contribution in [3.05, 3.63) is 33.9 Å². The van der Waals surface area contributed by atoms with Crippen molar-refractivity contribution in [1.82, 2.24) is 4.90 Å². The number of methoxy groups -OCH3 is 1. The first-order chi connectivity index (χ1) is 9.63. The molecule has 2 N–H and O–H groups in total. The van der Waals surface area contributed by atoms with Crippen molar-refractivity contribution >= 4 is 5.69 Å². The smallest absolute Gasteiger partial charge is 0.270 e. The van der Waals surface area contributed by atoms with Crippen LogP contribution in [0.15, 0.2) is 18.2 Å². The van der Waals surface area contributed by atoms with Crippen molar-refractivity contribution < 1.29 is 9.66 Å². The minimum Gasteiger partial charge on any atom is -0.496 e. The third kappa shape index (κ3) is 3.46. The van der Waals surface area contributed by atoms with E-state index in [1.807, 2.05) is 0 Å². The van der Waals surface area contributed by atoms with Crippen molar-refractivity contribution in [2.45, 2.75) is 19.4 Å². The van der Waals surface area contributed by atoms with Gasteiger partial charge in [-0.3, -0.25) is 15.0 Å². The fourth-order valence-corrected chi connectivity index (χ4v) is 2.73. The highest BCUT2D eigenvalue weighted by molar-refractivity contribution is 5.43. The summed E-state index contributed by atoms with van der Waals surface area (Å²) in [5.41, 5.74) is 6.70. The Bertz CT molecular complexity index is 479. The first kappa shape index (κ1) is 14.7. The molecule has 1 aliphatic heterocycles. The molecule has 20 heavy (non-hydrogen) atoms. The third-order valence-corrected chi connectivity index (χ3v) is 3.81. The second-order valence-corrected chi connectivity index (χ2v) is 5.23. The summed E-state index contributed by atoms with van der Waals surface area (Å²) in [6, 6.07) is 4.74. The van der Waals surface area contributed by atoms with E-state index in [9.17, 15) is 10.1 Å². The molecule has 1 aromatic carbocycles. The maximum absolute atomic E-state index is 10.9. The van der Waals surface area contributed by atoms with Gasteiger partial charge in [-0.1, -0.05) is 0 Å². The minimum absolute atomic E-state index is 0.105. The Morgan fingerprint density at radius 3 is 3.00 bits per heavy atom. The number of non-ortho nitro benzene ring substituents is 1. The number of likely N-dealkylation sites (tertiary alicyclic amines) is 1. The Hall–Kier alpha value is -1.66. The van der Waals surface area contributed by atoms with Crippen LogP contribution in [0.4, 0.5) is 5.69 Å². The molecule has 6 heteroatoms. The van der Waals surface area contributed by atoms with E-state index < -0.39 is 0 Å². The molecule has 0 aliphatic carbocycles. The largest absolute Gasteiger partial charge is 0.496 e. The van der Waals surface area contributed by atoms with E-state index in [1.54, 1.807) is 19.2 Å². The van der Waals surface area contributed by atoms with Gasteiger partial charge in [-0.25, -0.2) is 0 Å². The van der Waals surface area contributed by atoms with Gasteiger partial charge < -0.3 is 10.5 Å². The van der Waals surface area contributed by atoms with Crippen LogP contribution in [-0.4, -0.2) is 36.6 Å². The number of hydrogen-bond acceptors (Lipinski definition) is 5. The summed E-state index contributed by atoms with van der Waals surface area (Å²) in [5, 5.41) is 10.9. The molecule has 1 atom stereocenters. The molecule has 1 fully saturated rings. The monoisotopic (exact) mass is 279 g/mol. The van der Waals surface area contributed by atoms with Gasteiger partial charge in [0, 0.05) is 30.8 Å². The van der Waals surface area contributed by atoms with E-state index in [0.717, 1.165) is 25.1 Å². The quantitative estimate of drug-likeness (QED) is 0.656. The topological polar surface area (TPSA) is 81.6 Å². The van der Waals surface area contributed by atoms with Crippen LogP contribution in [0.3, 0.4) is 0 Å². The van der Waals surface area contributed by atoms with Crippen LogP contribution >= 0.6 is 0 Å². The summed E-state index contributed by atoms with van der Waals surface area (Å²) >= 11 is 0. The Morgan fingerprint density at radius 2 is 2.35 bits per heavy atom. The van der Waals surface area contributed by atoms with E-state index in [1.165, 1.54) is 12.5 Å². The molecule has 1 unspecified atom stereocenters.